The highest BCUT2D eigenvalue weighted by Gasteiger charge is 2.34. The summed E-state index contributed by atoms with van der Waals surface area (Å²) in [6.45, 7) is 2.63. The summed E-state index contributed by atoms with van der Waals surface area (Å²) in [5.74, 6) is -1.54. The number of carbonyl (C=O) groups is 2. The average molecular weight is 201 g/mol. The quantitative estimate of drug-likeness (QED) is 0.692. The maximum absolute atomic E-state index is 11.3. The summed E-state index contributed by atoms with van der Waals surface area (Å²) in [6, 6.07) is 0. The van der Waals surface area contributed by atoms with E-state index in [0.717, 1.165) is 0 Å². The number of amides is 1. The molecule has 1 N–H and O–H groups in total. The molecule has 1 amide bonds. The molecule has 1 fully saturated rings. The van der Waals surface area contributed by atoms with Crippen molar-refractivity contribution in [3.05, 3.63) is 0 Å². The molecular weight excluding hydrogens is 186 g/mol. The first-order chi connectivity index (χ1) is 6.54. The standard InChI is InChI=1S/C9H15NO4/c1-6(14-2)4-10-5-7(9(12)13)3-8(10)11/h6-7H,3-5H2,1-2H3,(H,12,13)/t6-,7+/m0/s1. The van der Waals surface area contributed by atoms with Crippen molar-refractivity contribution in [3.8, 4) is 0 Å². The van der Waals surface area contributed by atoms with Crippen LogP contribution >= 0.6 is 0 Å². The van der Waals surface area contributed by atoms with Crippen molar-refractivity contribution >= 4 is 11.9 Å². The van der Waals surface area contributed by atoms with Gasteiger partial charge in [-0.15, -0.1) is 0 Å². The van der Waals surface area contributed by atoms with E-state index < -0.39 is 11.9 Å². The Hall–Kier alpha value is -1.10. The van der Waals surface area contributed by atoms with Crippen LogP contribution in [0.2, 0.25) is 0 Å². The third-order valence-electron chi connectivity index (χ3n) is 2.44. The number of rotatable bonds is 4. The smallest absolute Gasteiger partial charge is 0.308 e. The lowest BCUT2D eigenvalue weighted by Crippen LogP contribution is -2.33. The minimum absolute atomic E-state index is 0.0495. The molecule has 5 nitrogen and oxygen atoms in total. The van der Waals surface area contributed by atoms with Gasteiger partial charge in [0.15, 0.2) is 0 Å². The lowest BCUT2D eigenvalue weighted by atomic mass is 10.1. The Morgan fingerprint density at radius 1 is 1.79 bits per heavy atom. The molecule has 0 radical (unpaired) electrons. The van der Waals surface area contributed by atoms with E-state index in [1.54, 1.807) is 12.0 Å². The Bertz CT molecular complexity index is 241. The van der Waals surface area contributed by atoms with Crippen LogP contribution < -0.4 is 0 Å². The summed E-state index contributed by atoms with van der Waals surface area (Å²) in [5.41, 5.74) is 0. The maximum atomic E-state index is 11.3. The van der Waals surface area contributed by atoms with Gasteiger partial charge in [0.25, 0.3) is 0 Å². The van der Waals surface area contributed by atoms with Crippen molar-refractivity contribution in [1.29, 1.82) is 0 Å². The van der Waals surface area contributed by atoms with E-state index in [0.29, 0.717) is 13.1 Å². The molecule has 1 aliphatic heterocycles. The molecule has 1 rings (SSSR count). The normalized spacial score (nSPS) is 24.0. The molecule has 14 heavy (non-hydrogen) atoms. The summed E-state index contributed by atoms with van der Waals surface area (Å²) < 4.78 is 5.01. The number of nitrogens with zero attached hydrogens (tertiary/aromatic N) is 1. The molecule has 1 saturated heterocycles. The maximum Gasteiger partial charge on any atom is 0.308 e. The van der Waals surface area contributed by atoms with Crippen LogP contribution in [0.5, 0.6) is 0 Å². The van der Waals surface area contributed by atoms with Gasteiger partial charge < -0.3 is 14.7 Å². The zero-order valence-corrected chi connectivity index (χ0v) is 8.40. The SMILES string of the molecule is CO[C@@H](C)CN1C[C@H](C(=O)O)CC1=O. The van der Waals surface area contributed by atoms with Gasteiger partial charge in [-0.05, 0) is 6.92 Å². The first-order valence-electron chi connectivity index (χ1n) is 4.58. The number of hydrogen-bond acceptors (Lipinski definition) is 3. The first kappa shape index (κ1) is 11.0. The van der Waals surface area contributed by atoms with Crippen LogP contribution in [0.3, 0.4) is 0 Å². The van der Waals surface area contributed by atoms with Crippen molar-refractivity contribution in [1.82, 2.24) is 4.90 Å². The summed E-state index contributed by atoms with van der Waals surface area (Å²) in [6.07, 6.45) is 0.0673. The van der Waals surface area contributed by atoms with Gasteiger partial charge in [-0.1, -0.05) is 0 Å². The van der Waals surface area contributed by atoms with Gasteiger partial charge in [0.05, 0.1) is 12.0 Å². The first-order valence-corrected chi connectivity index (χ1v) is 4.58. The molecule has 0 unspecified atom stereocenters. The van der Waals surface area contributed by atoms with E-state index in [4.69, 9.17) is 9.84 Å². The Balaban J connectivity index is 2.48. The monoisotopic (exact) mass is 201 g/mol. The molecule has 1 heterocycles. The van der Waals surface area contributed by atoms with Gasteiger partial charge in [-0.3, -0.25) is 9.59 Å². The fourth-order valence-corrected chi connectivity index (χ4v) is 1.50. The third-order valence-corrected chi connectivity index (χ3v) is 2.44. The van der Waals surface area contributed by atoms with Crippen LogP contribution in [-0.2, 0) is 14.3 Å². The highest BCUT2D eigenvalue weighted by molar-refractivity contribution is 5.86. The summed E-state index contributed by atoms with van der Waals surface area (Å²) >= 11 is 0. The zero-order chi connectivity index (χ0) is 10.7. The lowest BCUT2D eigenvalue weighted by molar-refractivity contribution is -0.141. The number of methoxy groups -OCH3 is 1. The van der Waals surface area contributed by atoms with Crippen LogP contribution in [0.4, 0.5) is 0 Å². The van der Waals surface area contributed by atoms with E-state index in [1.165, 1.54) is 0 Å². The Morgan fingerprint density at radius 2 is 2.43 bits per heavy atom. The Morgan fingerprint density at radius 3 is 2.86 bits per heavy atom. The molecule has 0 aromatic rings. The van der Waals surface area contributed by atoms with E-state index >= 15 is 0 Å². The second kappa shape index (κ2) is 4.41. The van der Waals surface area contributed by atoms with E-state index in [1.807, 2.05) is 6.92 Å². The van der Waals surface area contributed by atoms with E-state index in [9.17, 15) is 9.59 Å². The number of likely N-dealkylation sites (tertiary alicyclic amines) is 1. The molecule has 0 aromatic carbocycles. The molecule has 0 spiro atoms. The largest absolute Gasteiger partial charge is 0.481 e. The van der Waals surface area contributed by atoms with Crippen molar-refractivity contribution in [3.63, 3.8) is 0 Å². The fraction of sp³-hybridized carbons (Fsp3) is 0.778. The predicted octanol–water partition coefficient (Wildman–Crippen LogP) is -0.0456. The van der Waals surface area contributed by atoms with Gasteiger partial charge in [0, 0.05) is 26.6 Å². The summed E-state index contributed by atoms with van der Waals surface area (Å²) in [5, 5.41) is 8.73. The van der Waals surface area contributed by atoms with Gasteiger partial charge in [0.1, 0.15) is 0 Å². The van der Waals surface area contributed by atoms with Gasteiger partial charge in [0.2, 0.25) is 5.91 Å². The Kier molecular flexibility index (Phi) is 3.46. The summed E-state index contributed by atoms with van der Waals surface area (Å²) in [4.78, 5) is 23.5. The van der Waals surface area contributed by atoms with Crippen molar-refractivity contribution < 1.29 is 19.4 Å². The highest BCUT2D eigenvalue weighted by Crippen LogP contribution is 2.18. The van der Waals surface area contributed by atoms with Gasteiger partial charge in [-0.25, -0.2) is 0 Å². The molecule has 80 valence electrons. The molecule has 0 saturated carbocycles. The zero-order valence-electron chi connectivity index (χ0n) is 8.40. The number of aliphatic carboxylic acids is 1. The van der Waals surface area contributed by atoms with Crippen molar-refractivity contribution in [2.75, 3.05) is 20.2 Å². The number of carboxylic acid groups (broad SMARTS) is 1. The Labute approximate surface area is 82.6 Å². The molecule has 0 aliphatic carbocycles. The third kappa shape index (κ3) is 2.45. The molecule has 0 bridgehead atoms. The highest BCUT2D eigenvalue weighted by atomic mass is 16.5. The minimum Gasteiger partial charge on any atom is -0.481 e. The molecular formula is C9H15NO4. The topological polar surface area (TPSA) is 66.8 Å². The lowest BCUT2D eigenvalue weighted by Gasteiger charge is -2.19. The second-order valence-electron chi connectivity index (χ2n) is 3.58. The average Bonchev–Trinajstić information content (AvgIpc) is 2.48. The van der Waals surface area contributed by atoms with Crippen LogP contribution in [0.1, 0.15) is 13.3 Å². The number of carbonyl (C=O) groups excluding carboxylic acids is 1. The summed E-state index contributed by atoms with van der Waals surface area (Å²) in [7, 11) is 1.57. The van der Waals surface area contributed by atoms with E-state index in [2.05, 4.69) is 0 Å². The second-order valence-corrected chi connectivity index (χ2v) is 3.58. The van der Waals surface area contributed by atoms with Crippen molar-refractivity contribution in [2.45, 2.75) is 19.4 Å². The van der Waals surface area contributed by atoms with E-state index in [-0.39, 0.29) is 18.4 Å². The molecule has 5 heteroatoms. The predicted molar refractivity (Wildman–Crippen MR) is 48.8 cm³/mol. The van der Waals surface area contributed by atoms with Crippen LogP contribution in [0.15, 0.2) is 0 Å². The van der Waals surface area contributed by atoms with Crippen LogP contribution in [0, 0.1) is 5.92 Å². The number of ether oxygens (including phenoxy) is 1. The molecule has 1 aliphatic rings. The number of hydrogen-bond donors (Lipinski definition) is 1. The van der Waals surface area contributed by atoms with Gasteiger partial charge >= 0.3 is 5.97 Å². The van der Waals surface area contributed by atoms with Crippen LogP contribution in [-0.4, -0.2) is 48.2 Å². The fourth-order valence-electron chi connectivity index (χ4n) is 1.50. The minimum atomic E-state index is -0.897. The number of carboxylic acids is 1. The molecule has 2 atom stereocenters. The van der Waals surface area contributed by atoms with Crippen molar-refractivity contribution in [2.24, 2.45) is 5.92 Å². The molecule has 0 aromatic heterocycles. The van der Waals surface area contributed by atoms with Gasteiger partial charge in [-0.2, -0.15) is 0 Å². The van der Waals surface area contributed by atoms with Crippen LogP contribution in [0.25, 0.3) is 0 Å².